The number of hydrogen-bond donors (Lipinski definition) is 0. The fraction of sp³-hybridized carbons (Fsp3) is 0.167. The molecule has 0 saturated carbocycles. The molecule has 0 fully saturated rings. The van der Waals surface area contributed by atoms with Gasteiger partial charge < -0.3 is 4.57 Å². The lowest BCUT2D eigenvalue weighted by Crippen LogP contribution is -2.17. The molecule has 0 radical (unpaired) electrons. The topological polar surface area (TPSA) is 34.4 Å². The van der Waals surface area contributed by atoms with Crippen molar-refractivity contribution < 1.29 is 4.79 Å². The molecule has 28 heavy (non-hydrogen) atoms. The second-order valence-electron chi connectivity index (χ2n) is 6.56. The van der Waals surface area contributed by atoms with Crippen LogP contribution in [0.4, 0.5) is 0 Å². The molecule has 4 aromatic rings. The van der Waals surface area contributed by atoms with E-state index in [0.717, 1.165) is 34.1 Å². The molecule has 1 heterocycles. The average Bonchev–Trinajstić information content (AvgIpc) is 3.11. The van der Waals surface area contributed by atoms with Crippen LogP contribution in [0.3, 0.4) is 0 Å². The highest BCUT2D eigenvalue weighted by atomic mass is 32.1. The first kappa shape index (κ1) is 18.4. The summed E-state index contributed by atoms with van der Waals surface area (Å²) in [6.45, 7) is 5.01. The largest absolute Gasteiger partial charge is 0.316 e. The van der Waals surface area contributed by atoms with Crippen molar-refractivity contribution in [1.82, 2.24) is 4.57 Å². The van der Waals surface area contributed by atoms with Crippen LogP contribution in [0.15, 0.2) is 77.8 Å². The summed E-state index contributed by atoms with van der Waals surface area (Å²) in [4.78, 5) is 19.6. The van der Waals surface area contributed by atoms with Crippen molar-refractivity contribution in [2.24, 2.45) is 4.99 Å². The number of fused-ring (bicyclic) bond motifs is 1. The van der Waals surface area contributed by atoms with Crippen LogP contribution in [-0.4, -0.2) is 10.5 Å². The van der Waals surface area contributed by atoms with Gasteiger partial charge in [0, 0.05) is 17.0 Å². The van der Waals surface area contributed by atoms with Crippen molar-refractivity contribution in [2.75, 3.05) is 0 Å². The Morgan fingerprint density at radius 3 is 2.39 bits per heavy atom. The minimum absolute atomic E-state index is 0.192. The van der Waals surface area contributed by atoms with Crippen LogP contribution < -0.4 is 4.80 Å². The number of benzene rings is 3. The van der Waals surface area contributed by atoms with Gasteiger partial charge in [0.15, 0.2) is 4.80 Å². The summed E-state index contributed by atoms with van der Waals surface area (Å²) < 4.78 is 2.15. The molecular formula is C24H22N2OS. The zero-order chi connectivity index (χ0) is 19.5. The van der Waals surface area contributed by atoms with Gasteiger partial charge >= 0.3 is 0 Å². The molecule has 4 rings (SSSR count). The normalized spacial score (nSPS) is 11.9. The van der Waals surface area contributed by atoms with E-state index >= 15 is 0 Å². The molecular weight excluding hydrogens is 364 g/mol. The Hall–Kier alpha value is -2.98. The molecule has 0 aliphatic rings. The summed E-state index contributed by atoms with van der Waals surface area (Å²) in [7, 11) is 0. The molecule has 3 aromatic carbocycles. The Morgan fingerprint density at radius 1 is 0.929 bits per heavy atom. The van der Waals surface area contributed by atoms with Crippen LogP contribution in [0.5, 0.6) is 0 Å². The van der Waals surface area contributed by atoms with Crippen molar-refractivity contribution in [3.05, 3.63) is 88.0 Å². The highest BCUT2D eigenvalue weighted by Gasteiger charge is 2.15. The van der Waals surface area contributed by atoms with Gasteiger partial charge in [-0.15, -0.1) is 11.3 Å². The van der Waals surface area contributed by atoms with Crippen LogP contribution in [0.1, 0.15) is 29.1 Å². The van der Waals surface area contributed by atoms with Gasteiger partial charge in [-0.05, 0) is 35.7 Å². The number of aryl methyl sites for hydroxylation is 1. The number of carbonyl (C=O) groups excluding carboxylic acids is 1. The maximum atomic E-state index is 13.1. The maximum absolute atomic E-state index is 13.1. The van der Waals surface area contributed by atoms with E-state index in [1.807, 2.05) is 60.7 Å². The minimum Gasteiger partial charge on any atom is -0.316 e. The van der Waals surface area contributed by atoms with Gasteiger partial charge in [0.2, 0.25) is 0 Å². The molecule has 0 aliphatic heterocycles. The van der Waals surface area contributed by atoms with Crippen LogP contribution in [0.25, 0.3) is 22.0 Å². The van der Waals surface area contributed by atoms with Crippen molar-refractivity contribution in [3.8, 4) is 11.3 Å². The van der Waals surface area contributed by atoms with E-state index in [2.05, 4.69) is 35.5 Å². The molecule has 0 aliphatic carbocycles. The van der Waals surface area contributed by atoms with E-state index in [9.17, 15) is 4.79 Å². The molecule has 0 saturated heterocycles. The zero-order valence-electron chi connectivity index (χ0n) is 16.1. The van der Waals surface area contributed by atoms with Crippen LogP contribution in [-0.2, 0) is 13.0 Å². The summed E-state index contributed by atoms with van der Waals surface area (Å²) in [5.74, 6) is -0.192. The Labute approximate surface area is 168 Å². The number of hydrogen-bond acceptors (Lipinski definition) is 2. The number of carbonyl (C=O) groups is 1. The lowest BCUT2D eigenvalue weighted by atomic mass is 10.0. The average molecular weight is 387 g/mol. The third kappa shape index (κ3) is 3.32. The van der Waals surface area contributed by atoms with Gasteiger partial charge in [0.25, 0.3) is 5.91 Å². The summed E-state index contributed by atoms with van der Waals surface area (Å²) in [6, 6.07) is 24.1. The van der Waals surface area contributed by atoms with Gasteiger partial charge in [0.05, 0.1) is 5.69 Å². The van der Waals surface area contributed by atoms with Crippen LogP contribution >= 0.6 is 11.3 Å². The van der Waals surface area contributed by atoms with Crippen LogP contribution in [0, 0.1) is 0 Å². The Morgan fingerprint density at radius 2 is 1.64 bits per heavy atom. The number of amides is 1. The molecule has 1 amide bonds. The SMILES string of the molecule is CCc1sc(=NC(=O)c2cccc3ccccc23)n(CC)c1-c1ccccc1. The third-order valence-electron chi connectivity index (χ3n) is 4.88. The first-order chi connectivity index (χ1) is 13.7. The summed E-state index contributed by atoms with van der Waals surface area (Å²) in [5.41, 5.74) is 2.98. The lowest BCUT2D eigenvalue weighted by Gasteiger charge is -2.08. The minimum atomic E-state index is -0.192. The zero-order valence-corrected chi connectivity index (χ0v) is 16.9. The number of nitrogens with zero attached hydrogens (tertiary/aromatic N) is 2. The molecule has 0 spiro atoms. The quantitative estimate of drug-likeness (QED) is 0.443. The number of thiazole rings is 1. The molecule has 0 atom stereocenters. The molecule has 4 heteroatoms. The van der Waals surface area contributed by atoms with Crippen molar-refractivity contribution in [3.63, 3.8) is 0 Å². The highest BCUT2D eigenvalue weighted by Crippen LogP contribution is 2.26. The van der Waals surface area contributed by atoms with Gasteiger partial charge in [-0.25, -0.2) is 0 Å². The second-order valence-corrected chi connectivity index (χ2v) is 7.63. The van der Waals surface area contributed by atoms with Gasteiger partial charge in [-0.2, -0.15) is 4.99 Å². The molecule has 1 aromatic heterocycles. The summed E-state index contributed by atoms with van der Waals surface area (Å²) in [5, 5.41) is 2.00. The lowest BCUT2D eigenvalue weighted by molar-refractivity contribution is 0.0999. The summed E-state index contributed by atoms with van der Waals surface area (Å²) >= 11 is 1.61. The fourth-order valence-electron chi connectivity index (χ4n) is 3.55. The van der Waals surface area contributed by atoms with E-state index in [1.54, 1.807) is 11.3 Å². The number of aromatic nitrogens is 1. The first-order valence-corrected chi connectivity index (χ1v) is 10.4. The monoisotopic (exact) mass is 386 g/mol. The second kappa shape index (κ2) is 7.95. The van der Waals surface area contributed by atoms with Crippen molar-refractivity contribution >= 4 is 28.0 Å². The van der Waals surface area contributed by atoms with E-state index in [4.69, 9.17) is 0 Å². The van der Waals surface area contributed by atoms with E-state index in [-0.39, 0.29) is 5.91 Å². The molecule has 0 unspecified atom stereocenters. The van der Waals surface area contributed by atoms with Gasteiger partial charge in [0.1, 0.15) is 0 Å². The van der Waals surface area contributed by atoms with E-state index in [0.29, 0.717) is 5.56 Å². The third-order valence-corrected chi connectivity index (χ3v) is 6.10. The van der Waals surface area contributed by atoms with Crippen molar-refractivity contribution in [2.45, 2.75) is 26.8 Å². The predicted octanol–water partition coefficient (Wildman–Crippen LogP) is 5.69. The number of rotatable bonds is 4. The van der Waals surface area contributed by atoms with Gasteiger partial charge in [-0.1, -0.05) is 73.7 Å². The van der Waals surface area contributed by atoms with Crippen molar-refractivity contribution in [1.29, 1.82) is 0 Å². The molecule has 3 nitrogen and oxygen atoms in total. The first-order valence-electron chi connectivity index (χ1n) is 9.57. The molecule has 0 bridgehead atoms. The Balaban J connectivity index is 1.88. The predicted molar refractivity (Wildman–Crippen MR) is 117 cm³/mol. The summed E-state index contributed by atoms with van der Waals surface area (Å²) in [6.07, 6.45) is 0.910. The maximum Gasteiger partial charge on any atom is 0.280 e. The molecule has 0 N–H and O–H groups in total. The molecule has 140 valence electrons. The Bertz CT molecular complexity index is 1200. The smallest absolute Gasteiger partial charge is 0.280 e. The Kier molecular flexibility index (Phi) is 5.22. The van der Waals surface area contributed by atoms with E-state index in [1.165, 1.54) is 10.6 Å². The van der Waals surface area contributed by atoms with E-state index < -0.39 is 0 Å². The standard InChI is InChI=1S/C24H22N2OS/c1-3-21-22(18-12-6-5-7-13-18)26(4-2)24(28-21)25-23(27)20-16-10-14-17-11-8-9-15-19(17)20/h5-16H,3-4H2,1-2H3. The fourth-order valence-corrected chi connectivity index (χ4v) is 4.70. The highest BCUT2D eigenvalue weighted by molar-refractivity contribution is 7.09. The van der Waals surface area contributed by atoms with Gasteiger partial charge in [-0.3, -0.25) is 4.79 Å². The van der Waals surface area contributed by atoms with Crippen LogP contribution in [0.2, 0.25) is 0 Å².